The molecule has 0 atom stereocenters. The zero-order chi connectivity index (χ0) is 7.40. The number of rotatable bonds is 3. The lowest BCUT2D eigenvalue weighted by atomic mass is 10.5. The van der Waals surface area contributed by atoms with E-state index in [1.165, 1.54) is 11.5 Å². The van der Waals surface area contributed by atoms with Crippen LogP contribution in [0.5, 0.6) is 0 Å². The van der Waals surface area contributed by atoms with Crippen molar-refractivity contribution in [3.8, 4) is 0 Å². The lowest BCUT2D eigenvalue weighted by molar-refractivity contribution is 0.996. The van der Waals surface area contributed by atoms with Crippen molar-refractivity contribution in [3.05, 3.63) is 5.82 Å². The zero-order valence-corrected chi connectivity index (χ0v) is 7.03. The van der Waals surface area contributed by atoms with Crippen LogP contribution in [0.1, 0.15) is 19.7 Å². The summed E-state index contributed by atoms with van der Waals surface area (Å²) >= 11 is 1.43. The van der Waals surface area contributed by atoms with Gasteiger partial charge in [-0.25, -0.2) is 4.98 Å². The first-order valence-electron chi connectivity index (χ1n) is 3.43. The van der Waals surface area contributed by atoms with Gasteiger partial charge in [-0.1, -0.05) is 6.92 Å². The molecule has 10 heavy (non-hydrogen) atoms. The van der Waals surface area contributed by atoms with Crippen molar-refractivity contribution in [3.63, 3.8) is 0 Å². The smallest absolute Gasteiger partial charge is 0.202 e. The largest absolute Gasteiger partial charge is 0.361 e. The monoisotopic (exact) mass is 157 g/mol. The summed E-state index contributed by atoms with van der Waals surface area (Å²) in [5.41, 5.74) is 0. The summed E-state index contributed by atoms with van der Waals surface area (Å²) in [4.78, 5) is 4.21. The van der Waals surface area contributed by atoms with Crippen LogP contribution in [0, 0.1) is 0 Å². The summed E-state index contributed by atoms with van der Waals surface area (Å²) in [6.45, 7) is 5.02. The molecule has 1 heterocycles. The van der Waals surface area contributed by atoms with Gasteiger partial charge in [-0.05, 0) is 6.92 Å². The maximum Gasteiger partial charge on any atom is 0.202 e. The molecule has 0 unspecified atom stereocenters. The summed E-state index contributed by atoms with van der Waals surface area (Å²) in [5.74, 6) is 0.931. The Morgan fingerprint density at radius 3 is 2.80 bits per heavy atom. The van der Waals surface area contributed by atoms with Gasteiger partial charge in [0, 0.05) is 24.5 Å². The number of hydrogen-bond acceptors (Lipinski definition) is 4. The zero-order valence-electron chi connectivity index (χ0n) is 6.22. The highest BCUT2D eigenvalue weighted by molar-refractivity contribution is 7.09. The van der Waals surface area contributed by atoms with Gasteiger partial charge < -0.3 is 5.32 Å². The molecule has 0 bridgehead atoms. The van der Waals surface area contributed by atoms with E-state index in [1.54, 1.807) is 0 Å². The average molecular weight is 157 g/mol. The number of aryl methyl sites for hydroxylation is 1. The maximum absolute atomic E-state index is 4.21. The summed E-state index contributed by atoms with van der Waals surface area (Å²) in [6.07, 6.45) is 0.919. The van der Waals surface area contributed by atoms with Crippen LogP contribution in [-0.2, 0) is 6.42 Å². The number of aromatic nitrogens is 2. The molecule has 1 aromatic rings. The Labute approximate surface area is 64.7 Å². The molecule has 3 nitrogen and oxygen atoms in total. The van der Waals surface area contributed by atoms with Crippen LogP contribution in [-0.4, -0.2) is 15.9 Å². The summed E-state index contributed by atoms with van der Waals surface area (Å²) in [6, 6.07) is 0. The van der Waals surface area contributed by atoms with Gasteiger partial charge in [0.15, 0.2) is 0 Å². The van der Waals surface area contributed by atoms with E-state index in [4.69, 9.17) is 0 Å². The van der Waals surface area contributed by atoms with E-state index in [-0.39, 0.29) is 0 Å². The highest BCUT2D eigenvalue weighted by Crippen LogP contribution is 2.09. The molecule has 1 rings (SSSR count). The predicted octanol–water partition coefficient (Wildman–Crippen LogP) is 1.53. The molecule has 0 spiro atoms. The second-order valence-corrected chi connectivity index (χ2v) is 2.65. The number of anilines is 1. The standard InChI is InChI=1S/C6H11N3S/c1-3-5-8-6(7-4-2)10-9-5/h3-4H2,1-2H3,(H,7,8,9). The van der Waals surface area contributed by atoms with Crippen LogP contribution in [0.2, 0.25) is 0 Å². The molecule has 56 valence electrons. The van der Waals surface area contributed by atoms with Crippen molar-refractivity contribution in [2.24, 2.45) is 0 Å². The third-order valence-corrected chi connectivity index (χ3v) is 1.82. The molecule has 0 aliphatic rings. The molecular weight excluding hydrogens is 146 g/mol. The van der Waals surface area contributed by atoms with Gasteiger partial charge in [-0.3, -0.25) is 0 Å². The molecule has 4 heteroatoms. The topological polar surface area (TPSA) is 37.8 Å². The van der Waals surface area contributed by atoms with Crippen molar-refractivity contribution in [2.75, 3.05) is 11.9 Å². The number of nitrogens with zero attached hydrogens (tertiary/aromatic N) is 2. The predicted molar refractivity (Wildman–Crippen MR) is 43.5 cm³/mol. The fourth-order valence-electron chi connectivity index (χ4n) is 0.621. The Kier molecular flexibility index (Phi) is 2.62. The molecule has 0 aromatic carbocycles. The van der Waals surface area contributed by atoms with E-state index in [0.717, 1.165) is 23.9 Å². The van der Waals surface area contributed by atoms with Crippen LogP contribution in [0.3, 0.4) is 0 Å². The third kappa shape index (κ3) is 1.67. The van der Waals surface area contributed by atoms with Crippen molar-refractivity contribution >= 4 is 16.7 Å². The van der Waals surface area contributed by atoms with Crippen molar-refractivity contribution in [1.82, 2.24) is 9.36 Å². The minimum absolute atomic E-state index is 0.915. The molecular formula is C6H11N3S. The Morgan fingerprint density at radius 2 is 2.30 bits per heavy atom. The highest BCUT2D eigenvalue weighted by Gasteiger charge is 1.98. The second kappa shape index (κ2) is 3.51. The fourth-order valence-corrected chi connectivity index (χ4v) is 1.34. The van der Waals surface area contributed by atoms with Crippen LogP contribution < -0.4 is 5.32 Å². The van der Waals surface area contributed by atoms with Gasteiger partial charge in [0.2, 0.25) is 5.13 Å². The molecule has 0 fully saturated rings. The van der Waals surface area contributed by atoms with E-state index in [0.29, 0.717) is 0 Å². The Bertz CT molecular complexity index is 197. The Hall–Kier alpha value is -0.640. The molecule has 1 N–H and O–H groups in total. The van der Waals surface area contributed by atoms with Gasteiger partial charge >= 0.3 is 0 Å². The van der Waals surface area contributed by atoms with Gasteiger partial charge in [-0.2, -0.15) is 4.37 Å². The minimum atomic E-state index is 0.915. The first-order valence-corrected chi connectivity index (χ1v) is 4.20. The Balaban J connectivity index is 2.59. The number of hydrogen-bond donors (Lipinski definition) is 1. The van der Waals surface area contributed by atoms with E-state index in [9.17, 15) is 0 Å². The normalized spacial score (nSPS) is 9.80. The summed E-state index contributed by atoms with van der Waals surface area (Å²) in [7, 11) is 0. The van der Waals surface area contributed by atoms with Crippen LogP contribution >= 0.6 is 11.5 Å². The van der Waals surface area contributed by atoms with Gasteiger partial charge in [-0.15, -0.1) is 0 Å². The molecule has 0 radical (unpaired) electrons. The minimum Gasteiger partial charge on any atom is -0.361 e. The van der Waals surface area contributed by atoms with E-state index in [1.807, 2.05) is 6.92 Å². The fraction of sp³-hybridized carbons (Fsp3) is 0.667. The van der Waals surface area contributed by atoms with Crippen molar-refractivity contribution in [1.29, 1.82) is 0 Å². The lowest BCUT2D eigenvalue weighted by Crippen LogP contribution is -1.95. The van der Waals surface area contributed by atoms with E-state index < -0.39 is 0 Å². The van der Waals surface area contributed by atoms with E-state index in [2.05, 4.69) is 21.6 Å². The Morgan fingerprint density at radius 1 is 1.50 bits per heavy atom. The van der Waals surface area contributed by atoms with Crippen molar-refractivity contribution in [2.45, 2.75) is 20.3 Å². The molecule has 0 aliphatic carbocycles. The second-order valence-electron chi connectivity index (χ2n) is 1.90. The maximum atomic E-state index is 4.21. The molecule has 0 saturated carbocycles. The molecule has 0 aliphatic heterocycles. The summed E-state index contributed by atoms with van der Waals surface area (Å²) < 4.78 is 4.12. The quantitative estimate of drug-likeness (QED) is 0.723. The highest BCUT2D eigenvalue weighted by atomic mass is 32.1. The SMILES string of the molecule is CCNc1nc(CC)ns1. The van der Waals surface area contributed by atoms with Crippen LogP contribution in [0.15, 0.2) is 0 Å². The van der Waals surface area contributed by atoms with E-state index >= 15 is 0 Å². The average Bonchev–Trinajstić information content (AvgIpc) is 2.37. The molecule has 1 aromatic heterocycles. The van der Waals surface area contributed by atoms with Crippen LogP contribution in [0.25, 0.3) is 0 Å². The van der Waals surface area contributed by atoms with Gasteiger partial charge in [0.1, 0.15) is 5.82 Å². The van der Waals surface area contributed by atoms with Gasteiger partial charge in [0.25, 0.3) is 0 Å². The molecule has 0 amide bonds. The van der Waals surface area contributed by atoms with Gasteiger partial charge in [0.05, 0.1) is 0 Å². The molecule has 0 saturated heterocycles. The third-order valence-electron chi connectivity index (χ3n) is 1.11. The van der Waals surface area contributed by atoms with Crippen molar-refractivity contribution < 1.29 is 0 Å². The van der Waals surface area contributed by atoms with Crippen LogP contribution in [0.4, 0.5) is 5.13 Å². The first kappa shape index (κ1) is 7.47. The summed E-state index contributed by atoms with van der Waals surface area (Å²) in [5, 5.41) is 4.04. The lowest BCUT2D eigenvalue weighted by Gasteiger charge is -1.91. The first-order chi connectivity index (χ1) is 4.86. The number of nitrogens with one attached hydrogen (secondary N) is 1.